The second-order valence-electron chi connectivity index (χ2n) is 5.37. The van der Waals surface area contributed by atoms with Crippen molar-refractivity contribution in [2.24, 2.45) is 0 Å². The van der Waals surface area contributed by atoms with E-state index in [2.05, 4.69) is 6.92 Å². The maximum absolute atomic E-state index is 11.6. The smallest absolute Gasteiger partial charge is 0.336 e. The van der Waals surface area contributed by atoms with Crippen LogP contribution in [0.25, 0.3) is 0 Å². The molecule has 0 aliphatic carbocycles. The van der Waals surface area contributed by atoms with Gasteiger partial charge in [-0.3, -0.25) is 0 Å². The summed E-state index contributed by atoms with van der Waals surface area (Å²) in [5.74, 6) is -0.110. The zero-order valence-corrected chi connectivity index (χ0v) is 14.5. The van der Waals surface area contributed by atoms with E-state index in [0.717, 1.165) is 31.4 Å². The van der Waals surface area contributed by atoms with Gasteiger partial charge in [-0.25, -0.2) is 9.59 Å². The molecular formula is C19H26O5. The highest BCUT2D eigenvalue weighted by molar-refractivity contribution is 5.92. The van der Waals surface area contributed by atoms with E-state index in [0.29, 0.717) is 18.1 Å². The summed E-state index contributed by atoms with van der Waals surface area (Å²) in [6.45, 7) is 2.55. The Morgan fingerprint density at radius 2 is 1.46 bits per heavy atom. The van der Waals surface area contributed by atoms with E-state index in [4.69, 9.17) is 14.2 Å². The van der Waals surface area contributed by atoms with E-state index in [9.17, 15) is 9.59 Å². The van der Waals surface area contributed by atoms with Crippen LogP contribution in [0.4, 0.5) is 0 Å². The van der Waals surface area contributed by atoms with Crippen molar-refractivity contribution in [3.05, 3.63) is 36.4 Å². The van der Waals surface area contributed by atoms with Crippen LogP contribution in [0, 0.1) is 0 Å². The van der Waals surface area contributed by atoms with E-state index in [-0.39, 0.29) is 0 Å². The highest BCUT2D eigenvalue weighted by atomic mass is 16.5. The minimum Gasteiger partial charge on any atom is -0.497 e. The number of unbranched alkanes of at least 4 members (excludes halogenated alkanes) is 5. The van der Waals surface area contributed by atoms with Crippen LogP contribution in [0.3, 0.4) is 0 Å². The van der Waals surface area contributed by atoms with Crippen molar-refractivity contribution in [3.63, 3.8) is 0 Å². The van der Waals surface area contributed by atoms with E-state index >= 15 is 0 Å². The van der Waals surface area contributed by atoms with Gasteiger partial charge in [-0.2, -0.15) is 0 Å². The average molecular weight is 334 g/mol. The van der Waals surface area contributed by atoms with E-state index in [1.165, 1.54) is 19.3 Å². The molecule has 0 aromatic heterocycles. The van der Waals surface area contributed by atoms with Gasteiger partial charge in [-0.15, -0.1) is 0 Å². The van der Waals surface area contributed by atoms with Gasteiger partial charge in [0.15, 0.2) is 0 Å². The lowest BCUT2D eigenvalue weighted by molar-refractivity contribution is -0.138. The topological polar surface area (TPSA) is 61.8 Å². The third-order valence-corrected chi connectivity index (χ3v) is 3.38. The number of hydrogen-bond donors (Lipinski definition) is 0. The Morgan fingerprint density at radius 3 is 2.12 bits per heavy atom. The Morgan fingerprint density at radius 1 is 0.875 bits per heavy atom. The molecule has 0 fully saturated rings. The summed E-state index contributed by atoms with van der Waals surface area (Å²) in [5, 5.41) is 0. The van der Waals surface area contributed by atoms with Gasteiger partial charge in [0.25, 0.3) is 0 Å². The summed E-state index contributed by atoms with van der Waals surface area (Å²) in [6, 6.07) is 6.59. The summed E-state index contributed by atoms with van der Waals surface area (Å²) >= 11 is 0. The monoisotopic (exact) mass is 334 g/mol. The highest BCUT2D eigenvalue weighted by Crippen LogP contribution is 2.17. The summed E-state index contributed by atoms with van der Waals surface area (Å²) in [7, 11) is 1.56. The second-order valence-corrected chi connectivity index (χ2v) is 5.37. The molecule has 0 saturated carbocycles. The first-order valence-electron chi connectivity index (χ1n) is 8.36. The third-order valence-electron chi connectivity index (χ3n) is 3.38. The lowest BCUT2D eigenvalue weighted by atomic mass is 10.1. The van der Waals surface area contributed by atoms with Crippen LogP contribution in [0.1, 0.15) is 45.4 Å². The van der Waals surface area contributed by atoms with Crippen molar-refractivity contribution in [3.8, 4) is 11.5 Å². The fraction of sp³-hybridized carbons (Fsp3) is 0.474. The van der Waals surface area contributed by atoms with Crippen molar-refractivity contribution in [2.45, 2.75) is 45.4 Å². The minimum atomic E-state index is -0.628. The van der Waals surface area contributed by atoms with Gasteiger partial charge in [0.2, 0.25) is 0 Å². The molecule has 132 valence electrons. The highest BCUT2D eigenvalue weighted by Gasteiger charge is 2.03. The lowest BCUT2D eigenvalue weighted by Crippen LogP contribution is -2.07. The molecule has 5 heteroatoms. The largest absolute Gasteiger partial charge is 0.497 e. The second kappa shape index (κ2) is 12.2. The van der Waals surface area contributed by atoms with Gasteiger partial charge in [0, 0.05) is 12.2 Å². The average Bonchev–Trinajstić information content (AvgIpc) is 2.60. The Bertz CT molecular complexity index is 519. The molecule has 0 atom stereocenters. The molecule has 0 unspecified atom stereocenters. The molecule has 1 aromatic rings. The van der Waals surface area contributed by atoms with Crippen LogP contribution in [0.2, 0.25) is 0 Å². The molecule has 0 amide bonds. The zero-order valence-electron chi connectivity index (χ0n) is 14.5. The Kier molecular flexibility index (Phi) is 10.0. The number of ether oxygens (including phenoxy) is 3. The number of benzene rings is 1. The standard InChI is InChI=1S/C19H26O5/c1-3-4-5-6-7-8-15-23-18(20)13-14-19(21)24-17-11-9-16(22-2)10-12-17/h9-14H,3-8,15H2,1-2H3/b14-13+. The molecule has 0 spiro atoms. The van der Waals surface area contributed by atoms with Crippen molar-refractivity contribution in [2.75, 3.05) is 13.7 Å². The fourth-order valence-electron chi connectivity index (χ4n) is 2.03. The van der Waals surface area contributed by atoms with Gasteiger partial charge in [-0.1, -0.05) is 39.0 Å². The van der Waals surface area contributed by atoms with Crippen LogP contribution in [0.5, 0.6) is 11.5 Å². The summed E-state index contributed by atoms with van der Waals surface area (Å²) in [6.07, 6.45) is 8.90. The number of carbonyl (C=O) groups excluding carboxylic acids is 2. The van der Waals surface area contributed by atoms with Gasteiger partial charge >= 0.3 is 11.9 Å². The van der Waals surface area contributed by atoms with E-state index in [1.807, 2.05) is 0 Å². The maximum Gasteiger partial charge on any atom is 0.336 e. The lowest BCUT2D eigenvalue weighted by Gasteiger charge is -2.03. The molecule has 24 heavy (non-hydrogen) atoms. The molecular weight excluding hydrogens is 308 g/mol. The predicted molar refractivity (Wildman–Crippen MR) is 92.1 cm³/mol. The van der Waals surface area contributed by atoms with Crippen LogP contribution in [-0.4, -0.2) is 25.7 Å². The Hall–Kier alpha value is -2.30. The molecule has 0 radical (unpaired) electrons. The first kappa shape index (κ1) is 19.7. The first-order chi connectivity index (χ1) is 11.7. The molecule has 0 heterocycles. The SMILES string of the molecule is CCCCCCCCOC(=O)/C=C/C(=O)Oc1ccc(OC)cc1. The molecule has 5 nitrogen and oxygen atoms in total. The van der Waals surface area contributed by atoms with Crippen molar-refractivity contribution >= 4 is 11.9 Å². The Labute approximate surface area is 143 Å². The molecule has 1 aromatic carbocycles. The number of carbonyl (C=O) groups is 2. The quantitative estimate of drug-likeness (QED) is 0.264. The Balaban J connectivity index is 2.19. The van der Waals surface area contributed by atoms with Gasteiger partial charge in [0.1, 0.15) is 11.5 Å². The van der Waals surface area contributed by atoms with E-state index in [1.54, 1.807) is 31.4 Å². The van der Waals surface area contributed by atoms with E-state index < -0.39 is 11.9 Å². The fourth-order valence-corrected chi connectivity index (χ4v) is 2.03. The van der Waals surface area contributed by atoms with Crippen molar-refractivity contribution < 1.29 is 23.8 Å². The summed E-state index contributed by atoms with van der Waals surface area (Å²) in [5.41, 5.74) is 0. The normalized spacial score (nSPS) is 10.6. The van der Waals surface area contributed by atoms with Crippen LogP contribution >= 0.6 is 0 Å². The van der Waals surface area contributed by atoms with Gasteiger partial charge < -0.3 is 14.2 Å². The van der Waals surface area contributed by atoms with Crippen molar-refractivity contribution in [1.29, 1.82) is 0 Å². The minimum absolute atomic E-state index is 0.378. The van der Waals surface area contributed by atoms with Crippen LogP contribution in [0.15, 0.2) is 36.4 Å². The van der Waals surface area contributed by atoms with Crippen molar-refractivity contribution in [1.82, 2.24) is 0 Å². The molecule has 0 saturated heterocycles. The summed E-state index contributed by atoms with van der Waals surface area (Å²) in [4.78, 5) is 23.1. The number of esters is 2. The number of hydrogen-bond acceptors (Lipinski definition) is 5. The van der Waals surface area contributed by atoms with Gasteiger partial charge in [-0.05, 0) is 30.7 Å². The van der Waals surface area contributed by atoms with Crippen LogP contribution in [-0.2, 0) is 14.3 Å². The van der Waals surface area contributed by atoms with Crippen LogP contribution < -0.4 is 9.47 Å². The van der Waals surface area contributed by atoms with Gasteiger partial charge in [0.05, 0.1) is 13.7 Å². The molecule has 1 rings (SSSR count). The first-order valence-corrected chi connectivity index (χ1v) is 8.36. The molecule has 0 N–H and O–H groups in total. The molecule has 0 aliphatic rings. The number of rotatable bonds is 11. The summed E-state index contributed by atoms with van der Waals surface area (Å²) < 4.78 is 15.1. The number of methoxy groups -OCH3 is 1. The molecule has 0 bridgehead atoms. The third kappa shape index (κ3) is 8.98. The maximum atomic E-state index is 11.6. The predicted octanol–water partition coefficient (Wildman–Crippen LogP) is 4.06. The zero-order chi connectivity index (χ0) is 17.6. The molecule has 0 aliphatic heterocycles.